The number of rotatable bonds is 9. The molecule has 1 aromatic heterocycles. The number of aliphatic hydroxyl groups excluding tert-OH is 2. The van der Waals surface area contributed by atoms with Gasteiger partial charge in [-0.2, -0.15) is 0 Å². The molecule has 1 aliphatic rings. The van der Waals surface area contributed by atoms with Gasteiger partial charge in [-0.1, -0.05) is 41.4 Å². The van der Waals surface area contributed by atoms with Crippen molar-refractivity contribution >= 4 is 28.5 Å². The number of ether oxygens (including phenoxy) is 2. The molecule has 3 N–H and O–H groups in total. The van der Waals surface area contributed by atoms with E-state index in [9.17, 15) is 9.90 Å². The van der Waals surface area contributed by atoms with Crippen LogP contribution in [0.25, 0.3) is 10.9 Å². The van der Waals surface area contributed by atoms with Crippen LogP contribution in [0.3, 0.4) is 0 Å². The number of hydrogen-bond acceptors (Lipinski definition) is 5. The average Bonchev–Trinajstić information content (AvgIpc) is 3.31. The largest absolute Gasteiger partial charge is 0.493 e. The SMILES string of the molecule is Cc1ccc2[nH]c3c(c2c1)CCC(C=CC(=O)Oc1ccc(Cl)cc1)C3c1ccc(OCCC(O)CO)cc1. The van der Waals surface area contributed by atoms with Crippen LogP contribution in [0.4, 0.5) is 0 Å². The van der Waals surface area contributed by atoms with Gasteiger partial charge in [0.1, 0.15) is 11.5 Å². The Hall–Kier alpha value is -3.58. The Labute approximate surface area is 232 Å². The number of aryl methyl sites for hydroxylation is 2. The number of carbonyl (C=O) groups is 1. The normalized spacial score (nSPS) is 17.7. The van der Waals surface area contributed by atoms with Crippen molar-refractivity contribution in [2.75, 3.05) is 13.2 Å². The van der Waals surface area contributed by atoms with Crippen molar-refractivity contribution in [3.8, 4) is 11.5 Å². The molecule has 0 aliphatic heterocycles. The monoisotopic (exact) mass is 545 g/mol. The van der Waals surface area contributed by atoms with Crippen LogP contribution in [0.15, 0.2) is 78.9 Å². The highest BCUT2D eigenvalue weighted by Gasteiger charge is 2.32. The van der Waals surface area contributed by atoms with E-state index < -0.39 is 12.1 Å². The van der Waals surface area contributed by atoms with Gasteiger partial charge in [-0.05, 0) is 85.3 Å². The van der Waals surface area contributed by atoms with Gasteiger partial charge < -0.3 is 24.7 Å². The molecule has 0 fully saturated rings. The van der Waals surface area contributed by atoms with Gasteiger partial charge in [0, 0.05) is 40.0 Å². The molecule has 0 spiro atoms. The Morgan fingerprint density at radius 2 is 1.85 bits per heavy atom. The molecule has 202 valence electrons. The highest BCUT2D eigenvalue weighted by atomic mass is 35.5. The lowest BCUT2D eigenvalue weighted by Gasteiger charge is -2.30. The minimum absolute atomic E-state index is 0.0197. The first kappa shape index (κ1) is 27.0. The quantitative estimate of drug-likeness (QED) is 0.134. The number of aliphatic hydroxyl groups is 2. The first-order chi connectivity index (χ1) is 18.9. The van der Waals surface area contributed by atoms with Gasteiger partial charge in [-0.25, -0.2) is 4.79 Å². The summed E-state index contributed by atoms with van der Waals surface area (Å²) < 4.78 is 11.2. The van der Waals surface area contributed by atoms with Crippen molar-refractivity contribution in [2.45, 2.75) is 38.2 Å². The molecule has 0 saturated heterocycles. The summed E-state index contributed by atoms with van der Waals surface area (Å²) in [5.74, 6) is 0.820. The molecule has 4 aromatic rings. The third kappa shape index (κ3) is 6.36. The number of carbonyl (C=O) groups excluding carboxylic acids is 1. The molecule has 0 radical (unpaired) electrons. The van der Waals surface area contributed by atoms with Crippen LogP contribution in [-0.4, -0.2) is 40.5 Å². The molecule has 39 heavy (non-hydrogen) atoms. The fourth-order valence-electron chi connectivity index (χ4n) is 5.26. The molecular formula is C32H32ClNO5. The van der Waals surface area contributed by atoms with Crippen molar-refractivity contribution in [3.05, 3.63) is 106 Å². The van der Waals surface area contributed by atoms with Crippen LogP contribution >= 0.6 is 11.6 Å². The molecule has 0 amide bonds. The maximum Gasteiger partial charge on any atom is 0.335 e. The van der Waals surface area contributed by atoms with E-state index >= 15 is 0 Å². The number of halogens is 1. The van der Waals surface area contributed by atoms with Gasteiger partial charge >= 0.3 is 5.97 Å². The van der Waals surface area contributed by atoms with Crippen molar-refractivity contribution in [1.29, 1.82) is 0 Å². The number of H-pyrrole nitrogens is 1. The van der Waals surface area contributed by atoms with Gasteiger partial charge in [0.05, 0.1) is 19.3 Å². The summed E-state index contributed by atoms with van der Waals surface area (Å²) in [5.41, 5.74) is 5.95. The number of nitrogens with one attached hydrogen (secondary N) is 1. The predicted molar refractivity (Wildman–Crippen MR) is 153 cm³/mol. The van der Waals surface area contributed by atoms with E-state index in [1.807, 2.05) is 18.2 Å². The lowest BCUT2D eigenvalue weighted by atomic mass is 9.74. The van der Waals surface area contributed by atoms with Crippen LogP contribution in [0.5, 0.6) is 11.5 Å². The molecule has 6 nitrogen and oxygen atoms in total. The number of hydrogen-bond donors (Lipinski definition) is 3. The molecule has 3 aromatic carbocycles. The molecule has 5 rings (SSSR count). The minimum Gasteiger partial charge on any atom is -0.493 e. The zero-order valence-corrected chi connectivity index (χ0v) is 22.5. The molecule has 3 unspecified atom stereocenters. The van der Waals surface area contributed by atoms with Gasteiger partial charge in [-0.3, -0.25) is 0 Å². The molecule has 0 bridgehead atoms. The van der Waals surface area contributed by atoms with Gasteiger partial charge in [0.25, 0.3) is 0 Å². The zero-order valence-electron chi connectivity index (χ0n) is 21.8. The van der Waals surface area contributed by atoms with Crippen molar-refractivity contribution < 1.29 is 24.5 Å². The van der Waals surface area contributed by atoms with Crippen LogP contribution in [0.1, 0.15) is 41.1 Å². The van der Waals surface area contributed by atoms with Crippen molar-refractivity contribution in [3.63, 3.8) is 0 Å². The fourth-order valence-corrected chi connectivity index (χ4v) is 5.39. The van der Waals surface area contributed by atoms with Crippen molar-refractivity contribution in [1.82, 2.24) is 4.98 Å². The third-order valence-corrected chi connectivity index (χ3v) is 7.49. The number of aromatic amines is 1. The second-order valence-electron chi connectivity index (χ2n) is 10.0. The van der Waals surface area contributed by atoms with E-state index in [1.54, 1.807) is 24.3 Å². The van der Waals surface area contributed by atoms with Gasteiger partial charge in [-0.15, -0.1) is 0 Å². The third-order valence-electron chi connectivity index (χ3n) is 7.24. The van der Waals surface area contributed by atoms with Crippen LogP contribution in [0, 0.1) is 12.8 Å². The Morgan fingerprint density at radius 3 is 2.59 bits per heavy atom. The smallest absolute Gasteiger partial charge is 0.335 e. The van der Waals surface area contributed by atoms with Gasteiger partial charge in [0.15, 0.2) is 0 Å². The number of fused-ring (bicyclic) bond motifs is 3. The Balaban J connectivity index is 1.41. The van der Waals surface area contributed by atoms with Crippen LogP contribution in [0.2, 0.25) is 5.02 Å². The Morgan fingerprint density at radius 1 is 1.10 bits per heavy atom. The summed E-state index contributed by atoms with van der Waals surface area (Å²) in [6.07, 6.45) is 4.86. The van der Waals surface area contributed by atoms with E-state index in [-0.39, 0.29) is 18.4 Å². The topological polar surface area (TPSA) is 91.8 Å². The predicted octanol–water partition coefficient (Wildman–Crippen LogP) is 6.11. The number of allylic oxidation sites excluding steroid dienone is 1. The molecule has 3 atom stereocenters. The summed E-state index contributed by atoms with van der Waals surface area (Å²) in [5, 5.41) is 20.4. The first-order valence-electron chi connectivity index (χ1n) is 13.2. The Bertz CT molecular complexity index is 1460. The van der Waals surface area contributed by atoms with E-state index in [0.29, 0.717) is 29.5 Å². The lowest BCUT2D eigenvalue weighted by molar-refractivity contribution is -0.129. The molecule has 7 heteroatoms. The fraction of sp³-hybridized carbons (Fsp3) is 0.281. The lowest BCUT2D eigenvalue weighted by Crippen LogP contribution is -2.21. The standard InChI is InChI=1S/C32H32ClNO5/c1-20-2-14-29-28(18-20)27-13-5-22(6-15-30(37)39-26-11-7-23(33)8-12-26)31(32(27)34-29)21-3-9-25(10-4-21)38-17-16-24(36)19-35/h2-4,6-12,14-15,18,22,24,31,34-36H,5,13,16-17,19H2,1H3. The number of benzene rings is 3. The highest BCUT2D eigenvalue weighted by Crippen LogP contribution is 2.44. The van der Waals surface area contributed by atoms with Crippen molar-refractivity contribution in [2.24, 2.45) is 5.92 Å². The van der Waals surface area contributed by atoms with E-state index in [0.717, 1.165) is 23.9 Å². The molecular weight excluding hydrogens is 514 g/mol. The summed E-state index contributed by atoms with van der Waals surface area (Å²) in [7, 11) is 0. The van der Waals surface area contributed by atoms with Crippen LogP contribution < -0.4 is 9.47 Å². The summed E-state index contributed by atoms with van der Waals surface area (Å²) in [4.78, 5) is 16.3. The maximum atomic E-state index is 12.6. The average molecular weight is 546 g/mol. The molecule has 1 heterocycles. The summed E-state index contributed by atoms with van der Waals surface area (Å²) >= 11 is 5.93. The second kappa shape index (κ2) is 12.1. The molecule has 0 saturated carbocycles. The summed E-state index contributed by atoms with van der Waals surface area (Å²) in [6, 6.07) is 21.2. The minimum atomic E-state index is -0.783. The van der Waals surface area contributed by atoms with E-state index in [1.165, 1.54) is 28.3 Å². The van der Waals surface area contributed by atoms with E-state index in [4.69, 9.17) is 26.2 Å². The summed E-state index contributed by atoms with van der Waals surface area (Å²) in [6.45, 7) is 2.14. The first-order valence-corrected chi connectivity index (χ1v) is 13.6. The number of esters is 1. The zero-order chi connectivity index (χ0) is 27.4. The van der Waals surface area contributed by atoms with E-state index in [2.05, 4.69) is 42.2 Å². The molecule has 1 aliphatic carbocycles. The number of aromatic nitrogens is 1. The van der Waals surface area contributed by atoms with Gasteiger partial charge in [0.2, 0.25) is 0 Å². The maximum absolute atomic E-state index is 12.6. The highest BCUT2D eigenvalue weighted by molar-refractivity contribution is 6.30. The Kier molecular flexibility index (Phi) is 8.36. The van der Waals surface area contributed by atoms with Crippen LogP contribution in [-0.2, 0) is 11.2 Å². The second-order valence-corrected chi connectivity index (χ2v) is 10.5.